The summed E-state index contributed by atoms with van der Waals surface area (Å²) in [5.41, 5.74) is 1.86. The van der Waals surface area contributed by atoms with E-state index >= 15 is 0 Å². The molecule has 0 fully saturated rings. The van der Waals surface area contributed by atoms with E-state index in [9.17, 15) is 4.79 Å². The van der Waals surface area contributed by atoms with Gasteiger partial charge in [-0.15, -0.1) is 0 Å². The fourth-order valence-corrected chi connectivity index (χ4v) is 2.28. The number of ether oxygens (including phenoxy) is 1. The first-order chi connectivity index (χ1) is 8.72. The number of amides is 1. The molecule has 1 aliphatic rings. The number of benzene rings is 1. The third kappa shape index (κ3) is 2.91. The van der Waals surface area contributed by atoms with Gasteiger partial charge in [0.05, 0.1) is 12.9 Å². The van der Waals surface area contributed by atoms with Gasteiger partial charge in [0, 0.05) is 15.7 Å². The molecule has 0 saturated carbocycles. The zero-order chi connectivity index (χ0) is 13.0. The molecule has 0 bridgehead atoms. The van der Waals surface area contributed by atoms with E-state index in [1.165, 1.54) is 6.26 Å². The third-order valence-corrected chi connectivity index (χ3v) is 3.24. The molecule has 1 aliphatic heterocycles. The van der Waals surface area contributed by atoms with Crippen LogP contribution in [0.1, 0.15) is 18.0 Å². The average molecular weight is 311 g/mol. The van der Waals surface area contributed by atoms with Crippen LogP contribution in [0.5, 0.6) is 0 Å². The van der Waals surface area contributed by atoms with Crippen molar-refractivity contribution in [2.75, 3.05) is 18.5 Å². The number of halogens is 1. The number of anilines is 1. The lowest BCUT2D eigenvalue weighted by Gasteiger charge is -2.11. The quantitative estimate of drug-likeness (QED) is 0.627. The van der Waals surface area contributed by atoms with Crippen molar-refractivity contribution in [3.63, 3.8) is 0 Å². The smallest absolute Gasteiger partial charge is 0.246 e. The van der Waals surface area contributed by atoms with Crippen LogP contribution in [0.4, 0.5) is 5.69 Å². The molecule has 0 aliphatic carbocycles. The maximum absolute atomic E-state index is 11.8. The van der Waals surface area contributed by atoms with E-state index in [2.05, 4.69) is 33.1 Å². The standard InChI is InChI=1S/C13H15BrN2O2/c1-2-18-7-3-6-15-12-10-5-4-9(14)8-11(10)16-13(12)17/h2,4-5,8,12,15H,1,3,6-7H2,(H,16,17). The number of nitrogens with one attached hydrogen (secondary N) is 2. The molecule has 96 valence electrons. The van der Waals surface area contributed by atoms with Crippen LogP contribution in [0.2, 0.25) is 0 Å². The first-order valence-electron chi connectivity index (χ1n) is 5.78. The molecule has 4 nitrogen and oxygen atoms in total. The molecular formula is C13H15BrN2O2. The number of hydrogen-bond acceptors (Lipinski definition) is 3. The first kappa shape index (κ1) is 13.1. The van der Waals surface area contributed by atoms with E-state index in [0.29, 0.717) is 6.61 Å². The van der Waals surface area contributed by atoms with Crippen LogP contribution in [0.25, 0.3) is 0 Å². The summed E-state index contributed by atoms with van der Waals surface area (Å²) in [4.78, 5) is 11.8. The summed E-state index contributed by atoms with van der Waals surface area (Å²) >= 11 is 3.39. The number of rotatable bonds is 6. The van der Waals surface area contributed by atoms with E-state index in [-0.39, 0.29) is 11.9 Å². The maximum atomic E-state index is 11.8. The highest BCUT2D eigenvalue weighted by Gasteiger charge is 2.29. The Morgan fingerprint density at radius 3 is 3.17 bits per heavy atom. The van der Waals surface area contributed by atoms with Gasteiger partial charge in [0.15, 0.2) is 0 Å². The van der Waals surface area contributed by atoms with Crippen LogP contribution in [0.3, 0.4) is 0 Å². The van der Waals surface area contributed by atoms with Crippen molar-refractivity contribution in [2.24, 2.45) is 0 Å². The predicted octanol–water partition coefficient (Wildman–Crippen LogP) is 2.58. The van der Waals surface area contributed by atoms with Crippen molar-refractivity contribution in [1.29, 1.82) is 0 Å². The number of carbonyl (C=O) groups is 1. The minimum atomic E-state index is -0.267. The summed E-state index contributed by atoms with van der Waals surface area (Å²) in [6.07, 6.45) is 2.26. The lowest BCUT2D eigenvalue weighted by atomic mass is 10.1. The average Bonchev–Trinajstić information content (AvgIpc) is 2.64. The Labute approximate surface area is 115 Å². The van der Waals surface area contributed by atoms with Crippen molar-refractivity contribution < 1.29 is 9.53 Å². The van der Waals surface area contributed by atoms with Gasteiger partial charge in [0.1, 0.15) is 6.04 Å². The van der Waals surface area contributed by atoms with Crippen LogP contribution >= 0.6 is 15.9 Å². The monoisotopic (exact) mass is 310 g/mol. The Balaban J connectivity index is 1.94. The van der Waals surface area contributed by atoms with Crippen molar-refractivity contribution in [3.05, 3.63) is 41.1 Å². The minimum absolute atomic E-state index is 0.00672. The minimum Gasteiger partial charge on any atom is -0.502 e. The lowest BCUT2D eigenvalue weighted by Crippen LogP contribution is -2.28. The van der Waals surface area contributed by atoms with Gasteiger partial charge in [0.2, 0.25) is 5.91 Å². The second kappa shape index (κ2) is 6.02. The van der Waals surface area contributed by atoms with Crippen LogP contribution in [-0.4, -0.2) is 19.1 Å². The topological polar surface area (TPSA) is 50.4 Å². The van der Waals surface area contributed by atoms with Crippen molar-refractivity contribution >= 4 is 27.5 Å². The number of fused-ring (bicyclic) bond motifs is 1. The van der Waals surface area contributed by atoms with Crippen molar-refractivity contribution in [3.8, 4) is 0 Å². The molecule has 0 spiro atoms. The Bertz CT molecular complexity index is 462. The normalized spacial score (nSPS) is 17.2. The number of hydrogen-bond donors (Lipinski definition) is 2. The van der Waals surface area contributed by atoms with E-state index in [1.807, 2.05) is 18.2 Å². The molecule has 5 heteroatoms. The summed E-state index contributed by atoms with van der Waals surface area (Å²) < 4.78 is 5.99. The predicted molar refractivity (Wildman–Crippen MR) is 74.3 cm³/mol. The Morgan fingerprint density at radius 2 is 2.39 bits per heavy atom. The van der Waals surface area contributed by atoms with Crippen molar-refractivity contribution in [2.45, 2.75) is 12.5 Å². The molecule has 0 radical (unpaired) electrons. The molecule has 2 N–H and O–H groups in total. The summed E-state index contributed by atoms with van der Waals surface area (Å²) in [6.45, 7) is 4.81. The van der Waals surface area contributed by atoms with Gasteiger partial charge in [-0.3, -0.25) is 4.79 Å². The highest BCUT2D eigenvalue weighted by atomic mass is 79.9. The van der Waals surface area contributed by atoms with Gasteiger partial charge in [-0.2, -0.15) is 0 Å². The summed E-state index contributed by atoms with van der Waals surface area (Å²) in [7, 11) is 0. The van der Waals surface area contributed by atoms with Gasteiger partial charge >= 0.3 is 0 Å². The van der Waals surface area contributed by atoms with E-state index in [4.69, 9.17) is 4.74 Å². The fourth-order valence-electron chi connectivity index (χ4n) is 1.92. The molecule has 1 atom stereocenters. The second-order valence-electron chi connectivity index (χ2n) is 4.00. The molecule has 2 rings (SSSR count). The number of carbonyl (C=O) groups excluding carboxylic acids is 1. The van der Waals surface area contributed by atoms with Gasteiger partial charge in [-0.25, -0.2) is 0 Å². The van der Waals surface area contributed by atoms with Gasteiger partial charge in [0.25, 0.3) is 0 Å². The van der Waals surface area contributed by atoms with Crippen LogP contribution < -0.4 is 10.6 Å². The molecular weight excluding hydrogens is 296 g/mol. The van der Waals surface area contributed by atoms with Crippen LogP contribution in [0, 0.1) is 0 Å². The molecule has 1 unspecified atom stereocenters. The molecule has 0 aromatic heterocycles. The highest BCUT2D eigenvalue weighted by Crippen LogP contribution is 2.32. The molecule has 1 amide bonds. The van der Waals surface area contributed by atoms with Crippen LogP contribution in [0.15, 0.2) is 35.5 Å². The van der Waals surface area contributed by atoms with Crippen molar-refractivity contribution in [1.82, 2.24) is 5.32 Å². The largest absolute Gasteiger partial charge is 0.502 e. The fraction of sp³-hybridized carbons (Fsp3) is 0.308. The second-order valence-corrected chi connectivity index (χ2v) is 4.91. The zero-order valence-electron chi connectivity index (χ0n) is 9.91. The summed E-state index contributed by atoms with van der Waals surface area (Å²) in [5, 5.41) is 6.09. The van der Waals surface area contributed by atoms with E-state index < -0.39 is 0 Å². The molecule has 1 aromatic carbocycles. The molecule has 0 saturated heterocycles. The molecule has 1 aromatic rings. The van der Waals surface area contributed by atoms with E-state index in [1.54, 1.807) is 0 Å². The van der Waals surface area contributed by atoms with E-state index in [0.717, 1.165) is 28.7 Å². The van der Waals surface area contributed by atoms with Crippen LogP contribution in [-0.2, 0) is 9.53 Å². The van der Waals surface area contributed by atoms with Gasteiger partial charge in [-0.1, -0.05) is 28.6 Å². The summed E-state index contributed by atoms with van der Waals surface area (Å²) in [6, 6.07) is 5.54. The Morgan fingerprint density at radius 1 is 1.56 bits per heavy atom. The van der Waals surface area contributed by atoms with Gasteiger partial charge in [-0.05, 0) is 25.1 Å². The maximum Gasteiger partial charge on any atom is 0.246 e. The third-order valence-electron chi connectivity index (χ3n) is 2.75. The molecule has 18 heavy (non-hydrogen) atoms. The lowest BCUT2D eigenvalue weighted by molar-refractivity contribution is -0.117. The Kier molecular flexibility index (Phi) is 4.38. The zero-order valence-corrected chi connectivity index (χ0v) is 11.5. The molecule has 1 heterocycles. The highest BCUT2D eigenvalue weighted by molar-refractivity contribution is 9.10. The van der Waals surface area contributed by atoms with Gasteiger partial charge < -0.3 is 15.4 Å². The summed E-state index contributed by atoms with van der Waals surface area (Å²) in [5.74, 6) is -0.00672. The Hall–Kier alpha value is -1.33. The SMILES string of the molecule is C=COCCCNC1C(=O)Nc2cc(Br)ccc21. The first-order valence-corrected chi connectivity index (χ1v) is 6.58.